The lowest BCUT2D eigenvalue weighted by Gasteiger charge is -2.04. The SMILES string of the molecule is Cc1cccc(COC(=O)c2cc(Cl)c[nH]2)c1. The Morgan fingerprint density at radius 3 is 2.88 bits per heavy atom. The van der Waals surface area contributed by atoms with E-state index in [0.29, 0.717) is 10.7 Å². The van der Waals surface area contributed by atoms with E-state index in [4.69, 9.17) is 16.3 Å². The minimum atomic E-state index is -0.404. The molecule has 0 radical (unpaired) electrons. The van der Waals surface area contributed by atoms with Crippen molar-refractivity contribution in [2.24, 2.45) is 0 Å². The first kappa shape index (κ1) is 11.7. The van der Waals surface area contributed by atoms with Crippen LogP contribution >= 0.6 is 11.6 Å². The van der Waals surface area contributed by atoms with Crippen LogP contribution in [0.2, 0.25) is 5.02 Å². The first-order chi connectivity index (χ1) is 8.15. The van der Waals surface area contributed by atoms with E-state index in [1.165, 1.54) is 0 Å². The van der Waals surface area contributed by atoms with Gasteiger partial charge in [-0.15, -0.1) is 0 Å². The Labute approximate surface area is 104 Å². The molecule has 0 aliphatic heterocycles. The molecular formula is C13H12ClNO2. The molecule has 0 aliphatic rings. The molecule has 0 fully saturated rings. The Balaban J connectivity index is 1.97. The van der Waals surface area contributed by atoms with Gasteiger partial charge in [0.1, 0.15) is 12.3 Å². The van der Waals surface area contributed by atoms with E-state index < -0.39 is 5.97 Å². The fourth-order valence-corrected chi connectivity index (χ4v) is 1.68. The summed E-state index contributed by atoms with van der Waals surface area (Å²) in [7, 11) is 0. The van der Waals surface area contributed by atoms with Gasteiger partial charge in [-0.25, -0.2) is 4.79 Å². The monoisotopic (exact) mass is 249 g/mol. The molecule has 1 heterocycles. The maximum Gasteiger partial charge on any atom is 0.355 e. The summed E-state index contributed by atoms with van der Waals surface area (Å²) in [6.07, 6.45) is 1.55. The smallest absolute Gasteiger partial charge is 0.355 e. The maximum absolute atomic E-state index is 11.6. The van der Waals surface area contributed by atoms with Crippen LogP contribution in [0, 0.1) is 6.92 Å². The summed E-state index contributed by atoms with van der Waals surface area (Å²) in [4.78, 5) is 14.4. The van der Waals surface area contributed by atoms with Crippen LogP contribution in [0.4, 0.5) is 0 Å². The van der Waals surface area contributed by atoms with Gasteiger partial charge in [0.25, 0.3) is 0 Å². The molecule has 0 spiro atoms. The molecule has 0 unspecified atom stereocenters. The van der Waals surface area contributed by atoms with Crippen LogP contribution in [0.3, 0.4) is 0 Å². The van der Waals surface area contributed by atoms with Crippen molar-refractivity contribution in [2.45, 2.75) is 13.5 Å². The minimum absolute atomic E-state index is 0.261. The lowest BCUT2D eigenvalue weighted by atomic mass is 10.1. The third-order valence-corrected chi connectivity index (χ3v) is 2.54. The first-order valence-corrected chi connectivity index (χ1v) is 5.59. The van der Waals surface area contributed by atoms with Gasteiger partial charge in [-0.1, -0.05) is 41.4 Å². The van der Waals surface area contributed by atoms with Crippen molar-refractivity contribution in [3.05, 3.63) is 58.4 Å². The molecular weight excluding hydrogens is 238 g/mol. The number of aromatic amines is 1. The third-order valence-electron chi connectivity index (χ3n) is 2.32. The van der Waals surface area contributed by atoms with E-state index in [2.05, 4.69) is 4.98 Å². The third kappa shape index (κ3) is 3.11. The summed E-state index contributed by atoms with van der Waals surface area (Å²) in [5, 5.41) is 0.493. The molecule has 0 atom stereocenters. The predicted octanol–water partition coefficient (Wildman–Crippen LogP) is 3.33. The molecule has 1 aromatic heterocycles. The number of rotatable bonds is 3. The highest BCUT2D eigenvalue weighted by Crippen LogP contribution is 2.12. The van der Waals surface area contributed by atoms with Crippen LogP contribution in [0.25, 0.3) is 0 Å². The predicted molar refractivity (Wildman–Crippen MR) is 66.1 cm³/mol. The zero-order valence-electron chi connectivity index (χ0n) is 9.37. The lowest BCUT2D eigenvalue weighted by Crippen LogP contribution is -2.05. The van der Waals surface area contributed by atoms with E-state index in [0.717, 1.165) is 11.1 Å². The maximum atomic E-state index is 11.6. The number of hydrogen-bond acceptors (Lipinski definition) is 2. The van der Waals surface area contributed by atoms with Gasteiger partial charge < -0.3 is 9.72 Å². The second kappa shape index (κ2) is 5.06. The summed E-state index contributed by atoms with van der Waals surface area (Å²) in [5.41, 5.74) is 2.47. The fraction of sp³-hybridized carbons (Fsp3) is 0.154. The first-order valence-electron chi connectivity index (χ1n) is 5.22. The Kier molecular flexibility index (Phi) is 3.49. The number of esters is 1. The minimum Gasteiger partial charge on any atom is -0.456 e. The zero-order chi connectivity index (χ0) is 12.3. The summed E-state index contributed by atoms with van der Waals surface area (Å²) < 4.78 is 5.15. The number of carbonyl (C=O) groups is 1. The van der Waals surface area contributed by atoms with Gasteiger partial charge in [0.05, 0.1) is 5.02 Å². The molecule has 0 aliphatic carbocycles. The largest absolute Gasteiger partial charge is 0.456 e. The molecule has 0 amide bonds. The van der Waals surface area contributed by atoms with Gasteiger partial charge in [0.2, 0.25) is 0 Å². The van der Waals surface area contributed by atoms with Crippen LogP contribution in [0.1, 0.15) is 21.6 Å². The number of aryl methyl sites for hydroxylation is 1. The molecule has 2 aromatic rings. The van der Waals surface area contributed by atoms with Crippen LogP contribution in [-0.2, 0) is 11.3 Å². The second-order valence-corrected chi connectivity index (χ2v) is 4.23. The molecule has 88 valence electrons. The fourth-order valence-electron chi connectivity index (χ4n) is 1.51. The summed E-state index contributed by atoms with van der Waals surface area (Å²) in [6.45, 7) is 2.26. The Morgan fingerprint density at radius 1 is 1.41 bits per heavy atom. The Morgan fingerprint density at radius 2 is 2.24 bits per heavy atom. The summed E-state index contributed by atoms with van der Waals surface area (Å²) in [5.74, 6) is -0.404. The number of H-pyrrole nitrogens is 1. The number of carbonyl (C=O) groups excluding carboxylic acids is 1. The quantitative estimate of drug-likeness (QED) is 0.848. The molecule has 3 nitrogen and oxygen atoms in total. The van der Waals surface area contributed by atoms with Gasteiger partial charge in [-0.2, -0.15) is 0 Å². The van der Waals surface area contributed by atoms with Crippen LogP contribution < -0.4 is 0 Å². The molecule has 0 saturated carbocycles. The Hall–Kier alpha value is -1.74. The number of aromatic nitrogens is 1. The van der Waals surface area contributed by atoms with Gasteiger partial charge in [0, 0.05) is 6.20 Å². The highest BCUT2D eigenvalue weighted by Gasteiger charge is 2.09. The van der Waals surface area contributed by atoms with E-state index in [1.54, 1.807) is 12.3 Å². The van der Waals surface area contributed by atoms with E-state index in [1.807, 2.05) is 31.2 Å². The standard InChI is InChI=1S/C13H12ClNO2/c1-9-3-2-4-10(5-9)8-17-13(16)12-6-11(14)7-15-12/h2-7,15H,8H2,1H3. The molecule has 1 N–H and O–H groups in total. The molecule has 2 rings (SSSR count). The average Bonchev–Trinajstić information content (AvgIpc) is 2.73. The van der Waals surface area contributed by atoms with Crippen molar-refractivity contribution in [3.8, 4) is 0 Å². The van der Waals surface area contributed by atoms with Crippen molar-refractivity contribution in [1.82, 2.24) is 4.98 Å². The van der Waals surface area contributed by atoms with Crippen molar-refractivity contribution in [2.75, 3.05) is 0 Å². The van der Waals surface area contributed by atoms with E-state index in [-0.39, 0.29) is 6.61 Å². The lowest BCUT2D eigenvalue weighted by molar-refractivity contribution is 0.0466. The number of halogens is 1. The zero-order valence-corrected chi connectivity index (χ0v) is 10.1. The highest BCUT2D eigenvalue weighted by atomic mass is 35.5. The van der Waals surface area contributed by atoms with Crippen molar-refractivity contribution in [3.63, 3.8) is 0 Å². The Bertz CT molecular complexity index is 534. The average molecular weight is 250 g/mol. The molecule has 0 saturated heterocycles. The number of ether oxygens (including phenoxy) is 1. The topological polar surface area (TPSA) is 42.1 Å². The van der Waals surface area contributed by atoms with E-state index in [9.17, 15) is 4.79 Å². The molecule has 0 bridgehead atoms. The number of benzene rings is 1. The molecule has 17 heavy (non-hydrogen) atoms. The molecule has 4 heteroatoms. The van der Waals surface area contributed by atoms with Crippen molar-refractivity contribution in [1.29, 1.82) is 0 Å². The van der Waals surface area contributed by atoms with Gasteiger partial charge in [-0.3, -0.25) is 0 Å². The van der Waals surface area contributed by atoms with Gasteiger partial charge in [-0.05, 0) is 18.6 Å². The van der Waals surface area contributed by atoms with Crippen LogP contribution in [-0.4, -0.2) is 11.0 Å². The second-order valence-electron chi connectivity index (χ2n) is 3.80. The van der Waals surface area contributed by atoms with Crippen LogP contribution in [0.15, 0.2) is 36.5 Å². The highest BCUT2D eigenvalue weighted by molar-refractivity contribution is 6.30. The number of hydrogen-bond donors (Lipinski definition) is 1. The number of nitrogens with one attached hydrogen (secondary N) is 1. The molecule has 1 aromatic carbocycles. The summed E-state index contributed by atoms with van der Waals surface area (Å²) in [6, 6.07) is 9.37. The summed E-state index contributed by atoms with van der Waals surface area (Å²) >= 11 is 5.70. The van der Waals surface area contributed by atoms with Gasteiger partial charge >= 0.3 is 5.97 Å². The van der Waals surface area contributed by atoms with Gasteiger partial charge in [0.15, 0.2) is 0 Å². The van der Waals surface area contributed by atoms with E-state index >= 15 is 0 Å². The normalized spacial score (nSPS) is 10.2. The van der Waals surface area contributed by atoms with Crippen molar-refractivity contribution < 1.29 is 9.53 Å². The van der Waals surface area contributed by atoms with Crippen LogP contribution in [0.5, 0.6) is 0 Å². The van der Waals surface area contributed by atoms with Crippen molar-refractivity contribution >= 4 is 17.6 Å².